The van der Waals surface area contributed by atoms with Gasteiger partial charge in [-0.2, -0.15) is 5.10 Å². The van der Waals surface area contributed by atoms with Crippen LogP contribution in [0.3, 0.4) is 0 Å². The minimum Gasteiger partial charge on any atom is -0.493 e. The summed E-state index contributed by atoms with van der Waals surface area (Å²) in [5.74, 6) is 6.33. The number of nitrogens with one attached hydrogen (secondary N) is 2. The van der Waals surface area contributed by atoms with E-state index in [1.54, 1.807) is 16.9 Å². The van der Waals surface area contributed by atoms with Gasteiger partial charge in [0.15, 0.2) is 5.65 Å². The van der Waals surface area contributed by atoms with Gasteiger partial charge in [0.1, 0.15) is 5.69 Å². The molecular formula is C29H23ClN6O2. The van der Waals surface area contributed by atoms with E-state index in [0.717, 1.165) is 38.8 Å². The van der Waals surface area contributed by atoms with E-state index in [0.29, 0.717) is 35.8 Å². The van der Waals surface area contributed by atoms with Gasteiger partial charge < -0.3 is 15.1 Å². The Labute approximate surface area is 222 Å². The molecular weight excluding hydrogens is 500 g/mol. The molecule has 4 heterocycles. The van der Waals surface area contributed by atoms with Gasteiger partial charge in [0, 0.05) is 36.3 Å². The predicted octanol–water partition coefficient (Wildman–Crippen LogP) is 4.60. The summed E-state index contributed by atoms with van der Waals surface area (Å²) < 4.78 is 3.07. The van der Waals surface area contributed by atoms with Gasteiger partial charge in [-0.1, -0.05) is 41.8 Å². The number of aromatic hydroxyl groups is 1. The third kappa shape index (κ3) is 4.33. The number of benzene rings is 2. The van der Waals surface area contributed by atoms with Gasteiger partial charge in [-0.15, -0.1) is 0 Å². The maximum atomic E-state index is 12.7. The van der Waals surface area contributed by atoms with Crippen molar-refractivity contribution >= 4 is 28.2 Å². The molecule has 0 radical (unpaired) electrons. The molecule has 0 aliphatic carbocycles. The molecule has 0 atom stereocenters. The Bertz CT molecular complexity index is 1930. The number of para-hydroxylation sites is 1. The Morgan fingerprint density at radius 1 is 1.13 bits per heavy atom. The lowest BCUT2D eigenvalue weighted by Crippen LogP contribution is -2.17. The average Bonchev–Trinajstić information content (AvgIpc) is 3.60. The van der Waals surface area contributed by atoms with E-state index in [4.69, 9.17) is 11.6 Å². The van der Waals surface area contributed by atoms with Crippen molar-refractivity contribution < 1.29 is 5.11 Å². The first kappa shape index (κ1) is 23.6. The molecule has 0 saturated heterocycles. The Kier molecular flexibility index (Phi) is 5.98. The number of H-pyrrole nitrogens is 2. The van der Waals surface area contributed by atoms with E-state index in [1.807, 2.05) is 61.7 Å². The summed E-state index contributed by atoms with van der Waals surface area (Å²) in [5.41, 5.74) is 6.29. The molecule has 0 unspecified atom stereocenters. The molecule has 0 amide bonds. The summed E-state index contributed by atoms with van der Waals surface area (Å²) in [4.78, 5) is 23.0. The van der Waals surface area contributed by atoms with Crippen molar-refractivity contribution in [3.05, 3.63) is 116 Å². The first-order chi connectivity index (χ1) is 18.5. The van der Waals surface area contributed by atoms with E-state index >= 15 is 0 Å². The molecule has 188 valence electrons. The number of halogens is 1. The van der Waals surface area contributed by atoms with Crippen molar-refractivity contribution in [3.63, 3.8) is 0 Å². The van der Waals surface area contributed by atoms with Crippen LogP contribution in [0.25, 0.3) is 16.6 Å². The molecule has 0 fully saturated rings. The predicted molar refractivity (Wildman–Crippen MR) is 147 cm³/mol. The van der Waals surface area contributed by atoms with Crippen LogP contribution in [0.1, 0.15) is 33.6 Å². The summed E-state index contributed by atoms with van der Waals surface area (Å²) in [6.45, 7) is 2.33. The highest BCUT2D eigenvalue weighted by atomic mass is 35.5. The number of imidazole rings is 2. The summed E-state index contributed by atoms with van der Waals surface area (Å²) in [6.07, 6.45) is 6.18. The second kappa shape index (κ2) is 9.61. The lowest BCUT2D eigenvalue weighted by molar-refractivity contribution is 0.409. The fourth-order valence-electron chi connectivity index (χ4n) is 4.60. The van der Waals surface area contributed by atoms with Crippen molar-refractivity contribution in [2.45, 2.75) is 26.3 Å². The van der Waals surface area contributed by atoms with Crippen LogP contribution in [0.15, 0.2) is 71.9 Å². The maximum absolute atomic E-state index is 12.7. The molecule has 4 aromatic heterocycles. The first-order valence-corrected chi connectivity index (χ1v) is 12.5. The number of hydrogen-bond acceptors (Lipinski definition) is 4. The third-order valence-electron chi connectivity index (χ3n) is 6.68. The molecule has 6 aromatic rings. The molecule has 2 aromatic carbocycles. The molecule has 0 aliphatic rings. The number of aromatic nitrogens is 6. The molecule has 3 N–H and O–H groups in total. The van der Waals surface area contributed by atoms with Crippen molar-refractivity contribution in [1.82, 2.24) is 29.1 Å². The second-order valence-electron chi connectivity index (χ2n) is 9.12. The average molecular weight is 523 g/mol. The monoisotopic (exact) mass is 522 g/mol. The summed E-state index contributed by atoms with van der Waals surface area (Å²) in [7, 11) is 0. The third-order valence-corrected chi connectivity index (χ3v) is 6.99. The SMILES string of the molecule is Cc1ccc(CCn2c(O)c(Cc3c[nH]c4c(Cl)cccc34)[nH]c2=O)cc1C#Cc1cnc2cccnn12. The Morgan fingerprint density at radius 3 is 2.92 bits per heavy atom. The zero-order valence-corrected chi connectivity index (χ0v) is 21.3. The Balaban J connectivity index is 1.21. The number of aryl methyl sites for hydroxylation is 2. The number of rotatable bonds is 5. The highest BCUT2D eigenvalue weighted by molar-refractivity contribution is 6.35. The maximum Gasteiger partial charge on any atom is 0.328 e. The van der Waals surface area contributed by atoms with Crippen LogP contribution < -0.4 is 5.69 Å². The molecule has 0 aliphatic heterocycles. The molecule has 0 saturated carbocycles. The van der Waals surface area contributed by atoms with E-state index < -0.39 is 0 Å². The van der Waals surface area contributed by atoms with Crippen LogP contribution in [0.5, 0.6) is 5.88 Å². The van der Waals surface area contributed by atoms with Crippen LogP contribution >= 0.6 is 11.6 Å². The van der Waals surface area contributed by atoms with E-state index in [-0.39, 0.29) is 11.6 Å². The number of aromatic amines is 2. The minimum absolute atomic E-state index is 0.0568. The lowest BCUT2D eigenvalue weighted by atomic mass is 10.0. The fourth-order valence-corrected chi connectivity index (χ4v) is 4.83. The van der Waals surface area contributed by atoms with Gasteiger partial charge in [-0.05, 0) is 60.2 Å². The normalized spacial score (nSPS) is 11.2. The van der Waals surface area contributed by atoms with Gasteiger partial charge >= 0.3 is 5.69 Å². The van der Waals surface area contributed by atoms with Crippen LogP contribution in [-0.2, 0) is 19.4 Å². The van der Waals surface area contributed by atoms with Crippen molar-refractivity contribution in [2.75, 3.05) is 0 Å². The highest BCUT2D eigenvalue weighted by Gasteiger charge is 2.16. The molecule has 6 rings (SSSR count). The Morgan fingerprint density at radius 2 is 2.03 bits per heavy atom. The first-order valence-electron chi connectivity index (χ1n) is 12.1. The largest absolute Gasteiger partial charge is 0.493 e. The standard InChI is InChI=1S/C29H23ClN6O2/c1-18-7-8-19(14-20(18)9-10-22-17-31-26-6-3-12-33-36(22)26)11-13-35-28(37)25(34-29(35)38)15-21-16-32-27-23(21)4-2-5-24(27)30/h2-8,12,14,16-17,32,37H,11,13,15H2,1H3,(H,34,38). The van der Waals surface area contributed by atoms with Gasteiger partial charge in [-0.25, -0.2) is 14.3 Å². The van der Waals surface area contributed by atoms with Gasteiger partial charge in [-0.3, -0.25) is 4.57 Å². The van der Waals surface area contributed by atoms with Gasteiger partial charge in [0.05, 0.1) is 22.4 Å². The molecule has 9 heteroatoms. The zero-order valence-electron chi connectivity index (χ0n) is 20.5. The molecule has 0 bridgehead atoms. The number of hydrogen-bond donors (Lipinski definition) is 3. The van der Waals surface area contributed by atoms with Gasteiger partial charge in [0.25, 0.3) is 0 Å². The zero-order chi connectivity index (χ0) is 26.2. The van der Waals surface area contributed by atoms with Gasteiger partial charge in [0.2, 0.25) is 5.88 Å². The lowest BCUT2D eigenvalue weighted by Gasteiger charge is -2.07. The van der Waals surface area contributed by atoms with Crippen molar-refractivity contribution in [3.8, 4) is 17.7 Å². The van der Waals surface area contributed by atoms with Crippen LogP contribution in [-0.4, -0.2) is 34.2 Å². The van der Waals surface area contributed by atoms with Crippen LogP contribution in [0.4, 0.5) is 0 Å². The van der Waals surface area contributed by atoms with E-state index in [9.17, 15) is 9.90 Å². The molecule has 0 spiro atoms. The minimum atomic E-state index is -0.345. The van der Waals surface area contributed by atoms with E-state index in [1.165, 1.54) is 4.57 Å². The number of nitrogens with zero attached hydrogens (tertiary/aromatic N) is 4. The topological polar surface area (TPSA) is 104 Å². The smallest absolute Gasteiger partial charge is 0.328 e. The van der Waals surface area contributed by atoms with Crippen LogP contribution in [0.2, 0.25) is 5.02 Å². The fraction of sp³-hybridized carbons (Fsp3) is 0.138. The van der Waals surface area contributed by atoms with Crippen molar-refractivity contribution in [1.29, 1.82) is 0 Å². The molecule has 38 heavy (non-hydrogen) atoms. The molecule has 8 nitrogen and oxygen atoms in total. The quantitative estimate of drug-likeness (QED) is 0.288. The number of fused-ring (bicyclic) bond motifs is 2. The highest BCUT2D eigenvalue weighted by Crippen LogP contribution is 2.28. The van der Waals surface area contributed by atoms with E-state index in [2.05, 4.69) is 31.9 Å². The Hall–Kier alpha value is -4.74. The summed E-state index contributed by atoms with van der Waals surface area (Å²) in [6, 6.07) is 15.4. The summed E-state index contributed by atoms with van der Waals surface area (Å²) in [5, 5.41) is 16.7. The second-order valence-corrected chi connectivity index (χ2v) is 9.53. The summed E-state index contributed by atoms with van der Waals surface area (Å²) >= 11 is 6.27. The van der Waals surface area contributed by atoms with Crippen molar-refractivity contribution in [2.24, 2.45) is 0 Å². The van der Waals surface area contributed by atoms with Crippen LogP contribution in [0, 0.1) is 18.8 Å².